The number of fused-ring (bicyclic) bond motifs is 1. The van der Waals surface area contributed by atoms with Crippen molar-refractivity contribution in [1.82, 2.24) is 4.98 Å². The Morgan fingerprint density at radius 2 is 1.88 bits per heavy atom. The number of Topliss-reactive ketones (excluding diaryl/α,β-unsaturated/α-hetero) is 1. The average molecular weight is 457 g/mol. The number of benzene rings is 2. The molecule has 2 aromatic carbocycles. The van der Waals surface area contributed by atoms with E-state index < -0.39 is 29.1 Å². The van der Waals surface area contributed by atoms with E-state index in [4.69, 9.17) is 10.5 Å². The molecule has 4 rings (SSSR count). The van der Waals surface area contributed by atoms with Gasteiger partial charge in [0.15, 0.2) is 0 Å². The fraction of sp³-hybridized carbons (Fsp3) is 0.231. The molecule has 8 heteroatoms. The molecule has 0 aliphatic carbocycles. The van der Waals surface area contributed by atoms with Gasteiger partial charge in [-0.2, -0.15) is 5.26 Å². The number of pyridine rings is 1. The van der Waals surface area contributed by atoms with Crippen LogP contribution in [-0.4, -0.2) is 23.8 Å². The highest BCUT2D eigenvalue weighted by Crippen LogP contribution is 2.41. The van der Waals surface area contributed by atoms with Crippen LogP contribution in [0.25, 0.3) is 10.9 Å². The highest BCUT2D eigenvalue weighted by molar-refractivity contribution is 6.12. The van der Waals surface area contributed by atoms with Gasteiger partial charge < -0.3 is 15.5 Å². The van der Waals surface area contributed by atoms with E-state index in [9.17, 15) is 19.6 Å². The Balaban J connectivity index is 1.97. The second-order valence-electron chi connectivity index (χ2n) is 8.45. The summed E-state index contributed by atoms with van der Waals surface area (Å²) in [5.74, 6) is -2.94. The molecular formula is C26H24N4O4. The number of ether oxygens (including phenoxy) is 1. The fourth-order valence-electron chi connectivity index (χ4n) is 4.58. The van der Waals surface area contributed by atoms with Crippen molar-refractivity contribution < 1.29 is 14.3 Å². The van der Waals surface area contributed by atoms with Gasteiger partial charge in [-0.3, -0.25) is 19.3 Å². The van der Waals surface area contributed by atoms with Crippen LogP contribution in [0.2, 0.25) is 0 Å². The maximum Gasteiger partial charge on any atom is 0.252 e. The van der Waals surface area contributed by atoms with Crippen LogP contribution in [0, 0.1) is 31.1 Å². The topological polar surface area (TPSA) is 129 Å². The number of nitriles is 1. The maximum absolute atomic E-state index is 13.7. The molecule has 0 saturated carbocycles. The summed E-state index contributed by atoms with van der Waals surface area (Å²) in [5.41, 5.74) is 8.78. The zero-order valence-electron chi connectivity index (χ0n) is 19.3. The van der Waals surface area contributed by atoms with Gasteiger partial charge in [-0.25, -0.2) is 0 Å². The second-order valence-corrected chi connectivity index (χ2v) is 8.45. The number of anilines is 1. The number of nitrogens with one attached hydrogen (secondary N) is 1. The van der Waals surface area contributed by atoms with Gasteiger partial charge in [0.25, 0.3) is 5.56 Å². The number of allylic oxidation sites excluding steroid dienone is 1. The lowest BCUT2D eigenvalue weighted by atomic mass is 9.75. The number of carbonyl (C=O) groups is 2. The van der Waals surface area contributed by atoms with Gasteiger partial charge in [0, 0.05) is 17.5 Å². The summed E-state index contributed by atoms with van der Waals surface area (Å²) in [4.78, 5) is 43.6. The number of hydrogen-bond acceptors (Lipinski definition) is 6. The van der Waals surface area contributed by atoms with Crippen LogP contribution in [-0.2, 0) is 9.59 Å². The monoisotopic (exact) mass is 456 g/mol. The van der Waals surface area contributed by atoms with Crippen molar-refractivity contribution in [3.8, 4) is 11.8 Å². The van der Waals surface area contributed by atoms with E-state index in [0.29, 0.717) is 22.3 Å². The van der Waals surface area contributed by atoms with Crippen molar-refractivity contribution >= 4 is 28.3 Å². The standard InChI is InChI=1S/C26H24N4O4/c1-13-5-8-21(14(2)9-13)30-24(28)19(12-27)23(22(15(3)31)26(30)33)18-10-16-6-7-17(34-4)11-20(16)29-25(18)32/h5-11,22-23H,28H2,1-4H3,(H,29,32). The number of nitrogens with zero attached hydrogens (tertiary/aromatic N) is 2. The van der Waals surface area contributed by atoms with Gasteiger partial charge in [0.1, 0.15) is 23.3 Å². The average Bonchev–Trinajstić information content (AvgIpc) is 2.79. The third-order valence-electron chi connectivity index (χ3n) is 6.22. The minimum absolute atomic E-state index is 0.00173. The molecule has 3 aromatic rings. The first-order valence-corrected chi connectivity index (χ1v) is 10.7. The first-order chi connectivity index (χ1) is 16.2. The molecule has 1 aliphatic rings. The van der Waals surface area contributed by atoms with E-state index in [1.165, 1.54) is 18.9 Å². The highest BCUT2D eigenvalue weighted by Gasteiger charge is 2.46. The van der Waals surface area contributed by atoms with Crippen molar-refractivity contribution in [2.75, 3.05) is 12.0 Å². The van der Waals surface area contributed by atoms with Crippen LogP contribution in [0.5, 0.6) is 5.75 Å². The molecule has 2 unspecified atom stereocenters. The molecule has 3 N–H and O–H groups in total. The number of aromatic nitrogens is 1. The molecule has 1 amide bonds. The van der Waals surface area contributed by atoms with Gasteiger partial charge >= 0.3 is 0 Å². The number of aromatic amines is 1. The molecule has 0 bridgehead atoms. The summed E-state index contributed by atoms with van der Waals surface area (Å²) in [5, 5.41) is 10.7. The highest BCUT2D eigenvalue weighted by atomic mass is 16.5. The predicted molar refractivity (Wildman–Crippen MR) is 128 cm³/mol. The lowest BCUT2D eigenvalue weighted by Crippen LogP contribution is -2.49. The van der Waals surface area contributed by atoms with Gasteiger partial charge in [-0.1, -0.05) is 17.7 Å². The smallest absolute Gasteiger partial charge is 0.252 e. The van der Waals surface area contributed by atoms with E-state index in [-0.39, 0.29) is 17.0 Å². The number of hydrogen-bond donors (Lipinski definition) is 2. The summed E-state index contributed by atoms with van der Waals surface area (Å²) in [6, 6.07) is 14.3. The van der Waals surface area contributed by atoms with E-state index in [1.807, 2.05) is 26.0 Å². The predicted octanol–water partition coefficient (Wildman–Crippen LogP) is 3.18. The number of methoxy groups -OCH3 is 1. The van der Waals surface area contributed by atoms with Crippen molar-refractivity contribution in [1.29, 1.82) is 5.26 Å². The molecule has 0 radical (unpaired) electrons. The van der Waals surface area contributed by atoms with Crippen molar-refractivity contribution in [2.24, 2.45) is 11.7 Å². The number of amides is 1. The Kier molecular flexibility index (Phi) is 5.71. The third kappa shape index (κ3) is 3.61. The molecular weight excluding hydrogens is 432 g/mol. The van der Waals surface area contributed by atoms with E-state index in [2.05, 4.69) is 11.1 Å². The van der Waals surface area contributed by atoms with Crippen LogP contribution in [0.4, 0.5) is 5.69 Å². The van der Waals surface area contributed by atoms with E-state index in [1.54, 1.807) is 30.3 Å². The summed E-state index contributed by atoms with van der Waals surface area (Å²) in [6.07, 6.45) is 0. The molecule has 2 heterocycles. The quantitative estimate of drug-likeness (QED) is 0.580. The molecule has 8 nitrogen and oxygen atoms in total. The maximum atomic E-state index is 13.7. The molecule has 1 aromatic heterocycles. The van der Waals surface area contributed by atoms with E-state index in [0.717, 1.165) is 11.1 Å². The summed E-state index contributed by atoms with van der Waals surface area (Å²) in [7, 11) is 1.52. The summed E-state index contributed by atoms with van der Waals surface area (Å²) >= 11 is 0. The normalized spacial score (nSPS) is 18.2. The molecule has 0 saturated heterocycles. The van der Waals surface area contributed by atoms with Gasteiger partial charge in [-0.05, 0) is 56.0 Å². The Morgan fingerprint density at radius 3 is 2.50 bits per heavy atom. The first kappa shape index (κ1) is 22.8. The summed E-state index contributed by atoms with van der Waals surface area (Å²) in [6.45, 7) is 5.03. The lowest BCUT2D eigenvalue weighted by Gasteiger charge is -2.37. The Hall–Kier alpha value is -4.38. The second kappa shape index (κ2) is 8.52. The van der Waals surface area contributed by atoms with Crippen molar-refractivity contribution in [2.45, 2.75) is 26.7 Å². The Labute approximate surface area is 196 Å². The lowest BCUT2D eigenvalue weighted by molar-refractivity contribution is -0.132. The number of aryl methyl sites for hydroxylation is 2. The number of carbonyl (C=O) groups excluding carboxylic acids is 2. The van der Waals surface area contributed by atoms with Crippen LogP contribution in [0.15, 0.2) is 58.7 Å². The number of nitrogens with two attached hydrogens (primary N) is 1. The first-order valence-electron chi connectivity index (χ1n) is 10.7. The summed E-state index contributed by atoms with van der Waals surface area (Å²) < 4.78 is 5.21. The number of ketones is 1. The van der Waals surface area contributed by atoms with Crippen LogP contribution >= 0.6 is 0 Å². The van der Waals surface area contributed by atoms with Crippen LogP contribution in [0.1, 0.15) is 29.5 Å². The van der Waals surface area contributed by atoms with Gasteiger partial charge in [0.2, 0.25) is 5.91 Å². The Morgan fingerprint density at radius 1 is 1.15 bits per heavy atom. The fourth-order valence-corrected chi connectivity index (χ4v) is 4.58. The van der Waals surface area contributed by atoms with Crippen molar-refractivity contribution in [3.05, 3.63) is 80.9 Å². The van der Waals surface area contributed by atoms with Gasteiger partial charge in [0.05, 0.1) is 30.0 Å². The van der Waals surface area contributed by atoms with Crippen LogP contribution in [0.3, 0.4) is 0 Å². The van der Waals surface area contributed by atoms with E-state index >= 15 is 0 Å². The molecule has 34 heavy (non-hydrogen) atoms. The number of H-pyrrole nitrogens is 1. The molecule has 0 fully saturated rings. The number of rotatable bonds is 4. The SMILES string of the molecule is COc1ccc2cc(C3C(C#N)=C(N)N(c4ccc(C)cc4C)C(=O)C3C(C)=O)c(=O)[nH]c2c1. The zero-order valence-corrected chi connectivity index (χ0v) is 19.3. The zero-order chi connectivity index (χ0) is 24.7. The Bertz CT molecular complexity index is 1480. The molecule has 2 atom stereocenters. The minimum Gasteiger partial charge on any atom is -0.497 e. The third-order valence-corrected chi connectivity index (χ3v) is 6.22. The largest absolute Gasteiger partial charge is 0.497 e. The van der Waals surface area contributed by atoms with Gasteiger partial charge in [-0.15, -0.1) is 0 Å². The van der Waals surface area contributed by atoms with Crippen LogP contribution < -0.4 is 20.9 Å². The minimum atomic E-state index is -1.28. The molecule has 1 aliphatic heterocycles. The molecule has 0 spiro atoms. The molecule has 172 valence electrons. The van der Waals surface area contributed by atoms with Crippen molar-refractivity contribution in [3.63, 3.8) is 0 Å².